The van der Waals surface area contributed by atoms with Crippen LogP contribution in [0.5, 0.6) is 0 Å². The SMILES string of the molecule is CC(=O)O[C@H]1/C=C/[C@H](C)[C@@H](/C(C)=C/C=C/C(C)COC(=O)N2CCN(C)CC2)OC(=O)C[C@@H](O)CC[C@]1(C)O. The Morgan fingerprint density at radius 2 is 1.90 bits per heavy atom. The van der Waals surface area contributed by atoms with E-state index in [4.69, 9.17) is 14.2 Å². The van der Waals surface area contributed by atoms with Crippen LogP contribution in [0.25, 0.3) is 0 Å². The first-order chi connectivity index (χ1) is 18.3. The number of cyclic esters (lactones) is 1. The molecule has 0 spiro atoms. The van der Waals surface area contributed by atoms with Crippen molar-refractivity contribution in [2.45, 2.75) is 77.8 Å². The Balaban J connectivity index is 2.09. The van der Waals surface area contributed by atoms with Gasteiger partial charge in [-0.1, -0.05) is 38.2 Å². The summed E-state index contributed by atoms with van der Waals surface area (Å²) >= 11 is 0. The zero-order valence-electron chi connectivity index (χ0n) is 24.2. The predicted molar refractivity (Wildman–Crippen MR) is 147 cm³/mol. The van der Waals surface area contributed by atoms with Crippen LogP contribution < -0.4 is 0 Å². The van der Waals surface area contributed by atoms with Crippen LogP contribution in [0.3, 0.4) is 0 Å². The highest BCUT2D eigenvalue weighted by molar-refractivity contribution is 5.70. The van der Waals surface area contributed by atoms with E-state index in [9.17, 15) is 24.6 Å². The number of carbonyl (C=O) groups is 3. The second-order valence-electron chi connectivity index (χ2n) is 11.1. The topological polar surface area (TPSA) is 126 Å². The second kappa shape index (κ2) is 15.2. The van der Waals surface area contributed by atoms with Gasteiger partial charge in [0.15, 0.2) is 0 Å². The van der Waals surface area contributed by atoms with Gasteiger partial charge in [-0.2, -0.15) is 0 Å². The van der Waals surface area contributed by atoms with Crippen molar-refractivity contribution in [3.05, 3.63) is 36.0 Å². The third-order valence-corrected chi connectivity index (χ3v) is 7.10. The quantitative estimate of drug-likeness (QED) is 0.222. The molecule has 0 saturated carbocycles. The van der Waals surface area contributed by atoms with Crippen molar-refractivity contribution in [2.75, 3.05) is 39.8 Å². The number of allylic oxidation sites excluding steroid dienone is 2. The molecule has 0 aromatic heterocycles. The number of rotatable bonds is 6. The molecule has 2 heterocycles. The zero-order valence-corrected chi connectivity index (χ0v) is 24.2. The van der Waals surface area contributed by atoms with E-state index in [2.05, 4.69) is 4.90 Å². The third-order valence-electron chi connectivity index (χ3n) is 7.10. The van der Waals surface area contributed by atoms with E-state index in [1.54, 1.807) is 24.0 Å². The van der Waals surface area contributed by atoms with Gasteiger partial charge in [-0.3, -0.25) is 9.59 Å². The van der Waals surface area contributed by atoms with Crippen LogP contribution in [0.15, 0.2) is 36.0 Å². The fourth-order valence-electron chi connectivity index (χ4n) is 4.46. The average Bonchev–Trinajstić information content (AvgIpc) is 2.86. The lowest BCUT2D eigenvalue weighted by molar-refractivity contribution is -0.157. The second-order valence-corrected chi connectivity index (χ2v) is 11.1. The van der Waals surface area contributed by atoms with E-state index < -0.39 is 35.9 Å². The van der Waals surface area contributed by atoms with Gasteiger partial charge in [0.05, 0.1) is 19.1 Å². The first-order valence-electron chi connectivity index (χ1n) is 13.7. The first-order valence-corrected chi connectivity index (χ1v) is 13.7. The van der Waals surface area contributed by atoms with Crippen LogP contribution in [0.1, 0.15) is 53.9 Å². The molecule has 0 bridgehead atoms. The molecule has 10 nitrogen and oxygen atoms in total. The number of nitrogens with zero attached hydrogens (tertiary/aromatic N) is 2. The number of hydrogen-bond donors (Lipinski definition) is 2. The van der Waals surface area contributed by atoms with Crippen LogP contribution in [0.2, 0.25) is 0 Å². The molecular weight excluding hydrogens is 504 g/mol. The Labute approximate surface area is 232 Å². The van der Waals surface area contributed by atoms with Crippen molar-refractivity contribution in [1.29, 1.82) is 0 Å². The lowest BCUT2D eigenvalue weighted by Crippen LogP contribution is -2.47. The maximum Gasteiger partial charge on any atom is 0.409 e. The maximum atomic E-state index is 12.6. The Bertz CT molecular complexity index is 920. The van der Waals surface area contributed by atoms with Gasteiger partial charge in [0.1, 0.15) is 17.8 Å². The van der Waals surface area contributed by atoms with Crippen molar-refractivity contribution in [1.82, 2.24) is 9.80 Å². The third kappa shape index (κ3) is 11.1. The van der Waals surface area contributed by atoms with Crippen molar-refractivity contribution in [3.63, 3.8) is 0 Å². The van der Waals surface area contributed by atoms with E-state index in [-0.39, 0.29) is 43.8 Å². The van der Waals surface area contributed by atoms with Gasteiger partial charge in [0.25, 0.3) is 0 Å². The van der Waals surface area contributed by atoms with Crippen LogP contribution >= 0.6 is 0 Å². The number of esters is 2. The van der Waals surface area contributed by atoms with E-state index in [1.165, 1.54) is 6.92 Å². The van der Waals surface area contributed by atoms with Crippen molar-refractivity contribution >= 4 is 18.0 Å². The van der Waals surface area contributed by atoms with Gasteiger partial charge < -0.3 is 34.2 Å². The number of aliphatic hydroxyl groups excluding tert-OH is 1. The molecule has 2 aliphatic heterocycles. The standard InChI is InChI=1S/C29H46N2O8/c1-20(19-37-28(35)31-16-14-30(6)15-17-31)8-7-9-21(2)27-22(3)10-11-25(38-23(4)32)29(5,36)13-12-24(33)18-26(34)39-27/h7-11,20,22,24-25,27,33,36H,12-19H2,1-6H3/b8-7+,11-10+,21-9+/t20?,22-,24-,25-,27+,29-/m0/s1. The number of ether oxygens (including phenoxy) is 3. The monoisotopic (exact) mass is 550 g/mol. The summed E-state index contributed by atoms with van der Waals surface area (Å²) in [4.78, 5) is 40.4. The largest absolute Gasteiger partial charge is 0.457 e. The summed E-state index contributed by atoms with van der Waals surface area (Å²) in [5, 5.41) is 21.3. The highest BCUT2D eigenvalue weighted by atomic mass is 16.6. The molecule has 2 aliphatic rings. The molecule has 1 saturated heterocycles. The van der Waals surface area contributed by atoms with Gasteiger partial charge in [0.2, 0.25) is 0 Å². The minimum atomic E-state index is -1.42. The first kappa shape index (κ1) is 32.5. The van der Waals surface area contributed by atoms with Crippen LogP contribution in [-0.2, 0) is 23.8 Å². The molecule has 0 aromatic rings. The molecular formula is C29H46N2O8. The van der Waals surface area contributed by atoms with Crippen LogP contribution in [-0.4, -0.2) is 102 Å². The lowest BCUT2D eigenvalue weighted by atomic mass is 9.88. The minimum absolute atomic E-state index is 0.0245. The normalized spacial score (nSPS) is 31.5. The lowest BCUT2D eigenvalue weighted by Gasteiger charge is -2.32. The summed E-state index contributed by atoms with van der Waals surface area (Å²) < 4.78 is 16.6. The minimum Gasteiger partial charge on any atom is -0.457 e. The van der Waals surface area contributed by atoms with Crippen molar-refractivity contribution in [3.8, 4) is 0 Å². The summed E-state index contributed by atoms with van der Waals surface area (Å²) in [6.45, 7) is 11.7. The number of carbonyl (C=O) groups excluding carboxylic acids is 3. The highest BCUT2D eigenvalue weighted by Crippen LogP contribution is 2.27. The summed E-state index contributed by atoms with van der Waals surface area (Å²) in [5.41, 5.74) is -0.653. The highest BCUT2D eigenvalue weighted by Gasteiger charge is 2.35. The van der Waals surface area contributed by atoms with Gasteiger partial charge in [-0.15, -0.1) is 0 Å². The van der Waals surface area contributed by atoms with E-state index in [1.807, 2.05) is 46.0 Å². The molecule has 2 N–H and O–H groups in total. The van der Waals surface area contributed by atoms with Gasteiger partial charge >= 0.3 is 18.0 Å². The number of piperazine rings is 1. The zero-order chi connectivity index (χ0) is 29.2. The van der Waals surface area contributed by atoms with Crippen molar-refractivity contribution in [2.24, 2.45) is 11.8 Å². The maximum absolute atomic E-state index is 12.6. The molecule has 39 heavy (non-hydrogen) atoms. The summed E-state index contributed by atoms with van der Waals surface area (Å²) in [6.07, 6.45) is 6.17. The summed E-state index contributed by atoms with van der Waals surface area (Å²) in [7, 11) is 2.03. The fraction of sp³-hybridized carbons (Fsp3) is 0.690. The van der Waals surface area contributed by atoms with Gasteiger partial charge in [-0.25, -0.2) is 4.79 Å². The van der Waals surface area contributed by atoms with Gasteiger partial charge in [0, 0.05) is 44.9 Å². The number of amides is 1. The predicted octanol–water partition coefficient (Wildman–Crippen LogP) is 2.84. The summed E-state index contributed by atoms with van der Waals surface area (Å²) in [5.74, 6) is -1.40. The average molecular weight is 551 g/mol. The Morgan fingerprint density at radius 3 is 2.54 bits per heavy atom. The van der Waals surface area contributed by atoms with Crippen LogP contribution in [0, 0.1) is 11.8 Å². The van der Waals surface area contributed by atoms with Gasteiger partial charge in [-0.05, 0) is 45.4 Å². The summed E-state index contributed by atoms with van der Waals surface area (Å²) in [6, 6.07) is 0. The Kier molecular flexibility index (Phi) is 12.7. The Morgan fingerprint density at radius 1 is 1.23 bits per heavy atom. The Hall–Kier alpha value is -2.69. The molecule has 220 valence electrons. The van der Waals surface area contributed by atoms with E-state index in [0.29, 0.717) is 13.1 Å². The molecule has 6 atom stereocenters. The number of likely N-dealkylation sites (N-methyl/N-ethyl adjacent to an activating group) is 1. The number of hydrogen-bond acceptors (Lipinski definition) is 9. The molecule has 1 fully saturated rings. The molecule has 1 unspecified atom stereocenters. The fourth-order valence-corrected chi connectivity index (χ4v) is 4.46. The van der Waals surface area contributed by atoms with Crippen LogP contribution in [0.4, 0.5) is 4.79 Å². The van der Waals surface area contributed by atoms with E-state index in [0.717, 1.165) is 18.7 Å². The smallest absolute Gasteiger partial charge is 0.409 e. The molecule has 1 amide bonds. The molecule has 0 aromatic carbocycles. The van der Waals surface area contributed by atoms with E-state index >= 15 is 0 Å². The van der Waals surface area contributed by atoms with Crippen molar-refractivity contribution < 1.29 is 38.8 Å². The molecule has 0 radical (unpaired) electrons. The molecule has 0 aliphatic carbocycles. The molecule has 2 rings (SSSR count). The number of aliphatic hydroxyl groups is 2. The molecule has 10 heteroatoms.